The van der Waals surface area contributed by atoms with Crippen molar-refractivity contribution < 1.29 is 4.74 Å². The highest BCUT2D eigenvalue weighted by Gasteiger charge is 1.96. The molecule has 0 aromatic heterocycles. The van der Waals surface area contributed by atoms with Gasteiger partial charge in [0.2, 0.25) is 0 Å². The van der Waals surface area contributed by atoms with E-state index in [1.807, 2.05) is 0 Å². The summed E-state index contributed by atoms with van der Waals surface area (Å²) in [6, 6.07) is 8.63. The van der Waals surface area contributed by atoms with Crippen molar-refractivity contribution in [3.05, 3.63) is 29.8 Å². The Morgan fingerprint density at radius 1 is 0.714 bits per heavy atom. The van der Waals surface area contributed by atoms with Crippen LogP contribution in [-0.4, -0.2) is 6.61 Å². The number of aryl methyl sites for hydroxylation is 1. The van der Waals surface area contributed by atoms with Gasteiger partial charge in [-0.3, -0.25) is 0 Å². The van der Waals surface area contributed by atoms with Gasteiger partial charge in [-0.05, 0) is 37.0 Å². The van der Waals surface area contributed by atoms with E-state index in [9.17, 15) is 0 Å². The van der Waals surface area contributed by atoms with Crippen LogP contribution in [0.1, 0.15) is 85.6 Å². The van der Waals surface area contributed by atoms with Gasteiger partial charge < -0.3 is 4.74 Å². The summed E-state index contributed by atoms with van der Waals surface area (Å²) in [5, 5.41) is 0. The molecule has 1 heteroatoms. The Morgan fingerprint density at radius 2 is 1.29 bits per heavy atom. The fourth-order valence-corrected chi connectivity index (χ4v) is 2.26. The number of unbranched alkanes of at least 4 members (excludes halogenated alkanes) is 6. The van der Waals surface area contributed by atoms with Crippen molar-refractivity contribution in [3.8, 4) is 5.75 Å². The topological polar surface area (TPSA) is 9.23 Å². The predicted octanol–water partition coefficient (Wildman–Crippen LogP) is 7.04. The Labute approximate surface area is 134 Å². The van der Waals surface area contributed by atoms with Crippen LogP contribution in [0.4, 0.5) is 0 Å². The van der Waals surface area contributed by atoms with Gasteiger partial charge in [0.05, 0.1) is 6.61 Å². The van der Waals surface area contributed by atoms with E-state index in [1.54, 1.807) is 0 Å². The van der Waals surface area contributed by atoms with Gasteiger partial charge >= 0.3 is 0 Å². The summed E-state index contributed by atoms with van der Waals surface area (Å²) in [6.45, 7) is 5.22. The first-order valence-electron chi connectivity index (χ1n) is 8.08. The first-order chi connectivity index (χ1) is 9.36. The molecular weight excluding hydrogens is 256 g/mol. The highest BCUT2D eigenvalue weighted by molar-refractivity contribution is 5.27. The van der Waals surface area contributed by atoms with Gasteiger partial charge in [0.25, 0.3) is 0 Å². The van der Waals surface area contributed by atoms with Crippen LogP contribution < -0.4 is 4.74 Å². The third kappa shape index (κ3) is 11.4. The third-order valence-electron chi connectivity index (χ3n) is 3.47. The molecule has 1 aromatic carbocycles. The molecule has 124 valence electrons. The van der Waals surface area contributed by atoms with Gasteiger partial charge in [0.15, 0.2) is 0 Å². The van der Waals surface area contributed by atoms with Crippen LogP contribution in [0.15, 0.2) is 24.3 Å². The van der Waals surface area contributed by atoms with Crippen molar-refractivity contribution in [1.29, 1.82) is 0 Å². The van der Waals surface area contributed by atoms with E-state index in [2.05, 4.69) is 38.1 Å². The molecule has 0 aliphatic heterocycles. The minimum Gasteiger partial charge on any atom is -0.494 e. The lowest BCUT2D eigenvalue weighted by molar-refractivity contribution is 0.317. The van der Waals surface area contributed by atoms with Gasteiger partial charge in [-0.1, -0.05) is 79.4 Å². The van der Waals surface area contributed by atoms with Crippen molar-refractivity contribution in [3.63, 3.8) is 0 Å². The Balaban J connectivity index is 0. The van der Waals surface area contributed by atoms with Gasteiger partial charge in [0.1, 0.15) is 5.75 Å². The number of hydrogen-bond acceptors (Lipinski definition) is 1. The summed E-state index contributed by atoms with van der Waals surface area (Å²) in [6.07, 6.45) is 11.9. The van der Waals surface area contributed by atoms with Crippen LogP contribution in [0.25, 0.3) is 0 Å². The molecule has 0 radical (unpaired) electrons. The normalized spacial score (nSPS) is 9.62. The molecule has 0 unspecified atom stereocenters. The lowest BCUT2D eigenvalue weighted by Gasteiger charge is -2.06. The number of benzene rings is 1. The van der Waals surface area contributed by atoms with Crippen molar-refractivity contribution in [2.45, 2.75) is 86.5 Å². The third-order valence-corrected chi connectivity index (χ3v) is 3.47. The number of ether oxygens (including phenoxy) is 1. The highest BCUT2D eigenvalue weighted by Crippen LogP contribution is 2.15. The van der Waals surface area contributed by atoms with E-state index in [1.165, 1.54) is 56.9 Å². The minimum atomic E-state index is 0. The van der Waals surface area contributed by atoms with E-state index in [0.717, 1.165) is 18.8 Å². The molecule has 0 atom stereocenters. The summed E-state index contributed by atoms with van der Waals surface area (Å²) in [5.74, 6) is 1.00. The number of rotatable bonds is 11. The smallest absolute Gasteiger partial charge is 0.119 e. The van der Waals surface area contributed by atoms with E-state index in [4.69, 9.17) is 4.74 Å². The quantitative estimate of drug-likeness (QED) is 0.398. The largest absolute Gasteiger partial charge is 0.494 e. The predicted molar refractivity (Wildman–Crippen MR) is 97.4 cm³/mol. The number of hydrogen-bond donors (Lipinski definition) is 0. The van der Waals surface area contributed by atoms with Gasteiger partial charge in [0, 0.05) is 0 Å². The Kier molecular flexibility index (Phi) is 16.4. The fourth-order valence-electron chi connectivity index (χ4n) is 2.26. The molecular formula is C20H38O. The molecule has 1 aromatic rings. The molecule has 0 spiro atoms. The average Bonchev–Trinajstić information content (AvgIpc) is 2.45. The van der Waals surface area contributed by atoms with Crippen LogP contribution in [0.2, 0.25) is 0 Å². The van der Waals surface area contributed by atoms with Crippen LogP contribution in [-0.2, 0) is 6.42 Å². The molecule has 0 aliphatic carbocycles. The molecule has 0 saturated heterocycles. The summed E-state index contributed by atoms with van der Waals surface area (Å²) < 4.78 is 5.59. The van der Waals surface area contributed by atoms with Crippen molar-refractivity contribution in [1.82, 2.24) is 0 Å². The second kappa shape index (κ2) is 15.4. The van der Waals surface area contributed by atoms with Crippen molar-refractivity contribution >= 4 is 0 Å². The molecule has 21 heavy (non-hydrogen) atoms. The zero-order valence-corrected chi connectivity index (χ0v) is 12.8. The molecule has 0 heterocycles. The first kappa shape index (κ1) is 22.3. The fraction of sp³-hybridized carbons (Fsp3) is 0.700. The summed E-state index contributed by atoms with van der Waals surface area (Å²) in [5.41, 5.74) is 1.44. The van der Waals surface area contributed by atoms with Crippen LogP contribution in [0.3, 0.4) is 0 Å². The van der Waals surface area contributed by atoms with Gasteiger partial charge in [-0.15, -0.1) is 0 Å². The molecule has 1 rings (SSSR count). The lowest BCUT2D eigenvalue weighted by Crippen LogP contribution is -1.95. The maximum Gasteiger partial charge on any atom is 0.119 e. The maximum absolute atomic E-state index is 5.59. The summed E-state index contributed by atoms with van der Waals surface area (Å²) >= 11 is 0. The van der Waals surface area contributed by atoms with Gasteiger partial charge in [-0.2, -0.15) is 0 Å². The Morgan fingerprint density at radius 3 is 1.86 bits per heavy atom. The van der Waals surface area contributed by atoms with E-state index < -0.39 is 0 Å². The molecule has 0 N–H and O–H groups in total. The maximum atomic E-state index is 5.59. The summed E-state index contributed by atoms with van der Waals surface area (Å²) in [4.78, 5) is 0. The zero-order chi connectivity index (χ0) is 13.8. The average molecular weight is 295 g/mol. The van der Waals surface area contributed by atoms with E-state index in [-0.39, 0.29) is 14.9 Å². The second-order valence-corrected chi connectivity index (χ2v) is 5.36. The standard InChI is InChI=1S/C18H30O.2CH4/c1-3-5-6-7-8-9-10-11-17-12-14-18(15-13-17)19-16-4-2;;/h12-15H,3-11,16H2,1-2H3;2*1H4. The monoisotopic (exact) mass is 294 g/mol. The molecule has 0 aliphatic rings. The van der Waals surface area contributed by atoms with Crippen molar-refractivity contribution in [2.75, 3.05) is 6.61 Å². The molecule has 0 bridgehead atoms. The van der Waals surface area contributed by atoms with Crippen LogP contribution >= 0.6 is 0 Å². The van der Waals surface area contributed by atoms with Crippen LogP contribution in [0, 0.1) is 0 Å². The van der Waals surface area contributed by atoms with Gasteiger partial charge in [-0.25, -0.2) is 0 Å². The minimum absolute atomic E-state index is 0. The first-order valence-corrected chi connectivity index (χ1v) is 8.08. The Bertz CT molecular complexity index is 302. The van der Waals surface area contributed by atoms with E-state index in [0.29, 0.717) is 0 Å². The van der Waals surface area contributed by atoms with Crippen molar-refractivity contribution in [2.24, 2.45) is 0 Å². The van der Waals surface area contributed by atoms with Crippen LogP contribution in [0.5, 0.6) is 5.75 Å². The SMILES string of the molecule is C.C.CCCCCCCCCc1ccc(OCCC)cc1. The molecule has 0 saturated carbocycles. The summed E-state index contributed by atoms with van der Waals surface area (Å²) in [7, 11) is 0. The molecule has 1 nitrogen and oxygen atoms in total. The lowest BCUT2D eigenvalue weighted by atomic mass is 10.0. The highest BCUT2D eigenvalue weighted by atomic mass is 16.5. The zero-order valence-electron chi connectivity index (χ0n) is 12.8. The molecule has 0 fully saturated rings. The Hall–Kier alpha value is -0.980. The molecule has 0 amide bonds. The second-order valence-electron chi connectivity index (χ2n) is 5.36. The van der Waals surface area contributed by atoms with E-state index >= 15 is 0 Å².